The molecule has 2 N–H and O–H groups in total. The van der Waals surface area contributed by atoms with Crippen LogP contribution < -0.4 is 10.6 Å². The fraction of sp³-hybridized carbons (Fsp3) is 0.720. The van der Waals surface area contributed by atoms with Crippen LogP contribution in [0.5, 0.6) is 0 Å². The predicted molar refractivity (Wildman–Crippen MR) is 128 cm³/mol. The standard InChI is InChI=1S/C25H43ClN2O/c1-2-3-4-5-6-7-8-9-10-11-12-13-14-15-16-17-21-27-25(29)28-24-20-18-19-23(26)22-24/h18-20,22H,2-17,21H2,1H3,(H2,27,28,29). The SMILES string of the molecule is CCCCCCCCCCCCCCCCCCNC(=O)Nc1cccc(Cl)c1. The number of anilines is 1. The number of carbonyl (C=O) groups excluding carboxylic acids is 1. The van der Waals surface area contributed by atoms with Gasteiger partial charge in [-0.15, -0.1) is 0 Å². The van der Waals surface area contributed by atoms with Crippen LogP contribution in [0.15, 0.2) is 24.3 Å². The lowest BCUT2D eigenvalue weighted by Crippen LogP contribution is -2.29. The highest BCUT2D eigenvalue weighted by atomic mass is 35.5. The van der Waals surface area contributed by atoms with Crippen molar-refractivity contribution in [2.45, 2.75) is 110 Å². The number of nitrogens with one attached hydrogen (secondary N) is 2. The van der Waals surface area contributed by atoms with Crippen molar-refractivity contribution in [2.75, 3.05) is 11.9 Å². The van der Waals surface area contributed by atoms with Crippen molar-refractivity contribution in [3.8, 4) is 0 Å². The molecule has 166 valence electrons. The van der Waals surface area contributed by atoms with Gasteiger partial charge in [-0.05, 0) is 24.6 Å². The lowest BCUT2D eigenvalue weighted by atomic mass is 10.0. The first kappa shape index (κ1) is 25.8. The van der Waals surface area contributed by atoms with Crippen LogP contribution in [0.1, 0.15) is 110 Å². The molecule has 0 fully saturated rings. The van der Waals surface area contributed by atoms with Crippen LogP contribution in [0, 0.1) is 0 Å². The summed E-state index contributed by atoms with van der Waals surface area (Å²) in [6, 6.07) is 7.04. The molecule has 0 bridgehead atoms. The van der Waals surface area contributed by atoms with Crippen LogP contribution in [0.4, 0.5) is 10.5 Å². The molecule has 0 saturated heterocycles. The van der Waals surface area contributed by atoms with Gasteiger partial charge in [0.1, 0.15) is 0 Å². The van der Waals surface area contributed by atoms with Gasteiger partial charge in [0.2, 0.25) is 0 Å². The molecule has 4 heteroatoms. The molecule has 0 atom stereocenters. The summed E-state index contributed by atoms with van der Waals surface area (Å²) in [7, 11) is 0. The molecule has 0 aromatic heterocycles. The number of benzene rings is 1. The first-order valence-electron chi connectivity index (χ1n) is 12.0. The van der Waals surface area contributed by atoms with E-state index >= 15 is 0 Å². The minimum atomic E-state index is -0.159. The van der Waals surface area contributed by atoms with Crippen molar-refractivity contribution >= 4 is 23.3 Å². The summed E-state index contributed by atoms with van der Waals surface area (Å²) in [4.78, 5) is 11.8. The van der Waals surface area contributed by atoms with Gasteiger partial charge in [0, 0.05) is 17.3 Å². The monoisotopic (exact) mass is 422 g/mol. The van der Waals surface area contributed by atoms with Crippen molar-refractivity contribution in [3.05, 3.63) is 29.3 Å². The smallest absolute Gasteiger partial charge is 0.319 e. The van der Waals surface area contributed by atoms with Crippen molar-refractivity contribution in [3.63, 3.8) is 0 Å². The second kappa shape index (κ2) is 18.8. The van der Waals surface area contributed by atoms with Gasteiger partial charge in [-0.25, -0.2) is 4.79 Å². The van der Waals surface area contributed by atoms with Crippen LogP contribution in [0.3, 0.4) is 0 Å². The maximum Gasteiger partial charge on any atom is 0.319 e. The van der Waals surface area contributed by atoms with Gasteiger partial charge < -0.3 is 10.6 Å². The Bertz CT molecular complexity index is 521. The van der Waals surface area contributed by atoms with E-state index in [1.54, 1.807) is 12.1 Å². The molecule has 3 nitrogen and oxygen atoms in total. The Balaban J connectivity index is 1.78. The van der Waals surface area contributed by atoms with E-state index in [0.717, 1.165) is 18.7 Å². The third-order valence-electron chi connectivity index (χ3n) is 5.40. The van der Waals surface area contributed by atoms with Crippen molar-refractivity contribution in [1.82, 2.24) is 5.32 Å². The predicted octanol–water partition coefficient (Wildman–Crippen LogP) is 8.72. The molecule has 0 aliphatic carbocycles. The second-order valence-electron chi connectivity index (χ2n) is 8.19. The maximum atomic E-state index is 11.8. The number of amides is 2. The van der Waals surface area contributed by atoms with Gasteiger partial charge in [-0.3, -0.25) is 0 Å². The fourth-order valence-corrected chi connectivity index (χ4v) is 3.81. The molecule has 0 radical (unpaired) electrons. The van der Waals surface area contributed by atoms with E-state index in [2.05, 4.69) is 17.6 Å². The van der Waals surface area contributed by atoms with Crippen LogP contribution in [0.2, 0.25) is 5.02 Å². The summed E-state index contributed by atoms with van der Waals surface area (Å²) in [5.74, 6) is 0. The van der Waals surface area contributed by atoms with Gasteiger partial charge in [-0.2, -0.15) is 0 Å². The zero-order valence-electron chi connectivity index (χ0n) is 18.6. The Morgan fingerprint density at radius 2 is 1.24 bits per heavy atom. The van der Waals surface area contributed by atoms with E-state index in [0.29, 0.717) is 5.02 Å². The number of hydrogen-bond donors (Lipinski definition) is 2. The van der Waals surface area contributed by atoms with E-state index < -0.39 is 0 Å². The highest BCUT2D eigenvalue weighted by molar-refractivity contribution is 6.30. The molecule has 0 heterocycles. The van der Waals surface area contributed by atoms with Crippen LogP contribution >= 0.6 is 11.6 Å². The van der Waals surface area contributed by atoms with Gasteiger partial charge in [0.25, 0.3) is 0 Å². The normalized spacial score (nSPS) is 10.8. The molecule has 0 unspecified atom stereocenters. The summed E-state index contributed by atoms with van der Waals surface area (Å²) in [6.45, 7) is 3.01. The lowest BCUT2D eigenvalue weighted by molar-refractivity contribution is 0.252. The van der Waals surface area contributed by atoms with Crippen LogP contribution in [0.25, 0.3) is 0 Å². The minimum Gasteiger partial charge on any atom is -0.338 e. The molecular formula is C25H43ClN2O. The average Bonchev–Trinajstić information content (AvgIpc) is 2.70. The first-order chi connectivity index (χ1) is 14.2. The number of urea groups is 1. The number of hydrogen-bond acceptors (Lipinski definition) is 1. The minimum absolute atomic E-state index is 0.159. The molecule has 0 aliphatic heterocycles. The van der Waals surface area contributed by atoms with E-state index in [1.165, 1.54) is 96.3 Å². The Kier molecular flexibility index (Phi) is 16.7. The average molecular weight is 423 g/mol. The highest BCUT2D eigenvalue weighted by Gasteiger charge is 2.01. The largest absolute Gasteiger partial charge is 0.338 e. The second-order valence-corrected chi connectivity index (χ2v) is 8.63. The van der Waals surface area contributed by atoms with E-state index in [-0.39, 0.29) is 6.03 Å². The molecule has 29 heavy (non-hydrogen) atoms. The van der Waals surface area contributed by atoms with Crippen molar-refractivity contribution < 1.29 is 4.79 Å². The molecule has 1 aromatic rings. The van der Waals surface area contributed by atoms with Gasteiger partial charge in [0.15, 0.2) is 0 Å². The Morgan fingerprint density at radius 1 is 0.759 bits per heavy atom. The zero-order valence-corrected chi connectivity index (χ0v) is 19.4. The zero-order chi connectivity index (χ0) is 21.0. The molecule has 1 rings (SSSR count). The topological polar surface area (TPSA) is 41.1 Å². The first-order valence-corrected chi connectivity index (χ1v) is 12.4. The molecule has 0 aliphatic rings. The molecule has 0 saturated carbocycles. The molecule has 0 spiro atoms. The summed E-state index contributed by atoms with van der Waals surface area (Å²) in [6.07, 6.45) is 21.8. The third kappa shape index (κ3) is 16.3. The van der Waals surface area contributed by atoms with Gasteiger partial charge >= 0.3 is 6.03 Å². The Morgan fingerprint density at radius 3 is 1.72 bits per heavy atom. The molecule has 1 aromatic carbocycles. The van der Waals surface area contributed by atoms with E-state index in [4.69, 9.17) is 11.6 Å². The fourth-order valence-electron chi connectivity index (χ4n) is 3.62. The van der Waals surface area contributed by atoms with Gasteiger partial charge in [-0.1, -0.05) is 121 Å². The third-order valence-corrected chi connectivity index (χ3v) is 5.63. The quantitative estimate of drug-likeness (QED) is 0.228. The summed E-state index contributed by atoms with van der Waals surface area (Å²) in [5.41, 5.74) is 0.724. The summed E-state index contributed by atoms with van der Waals surface area (Å²) < 4.78 is 0. The van der Waals surface area contributed by atoms with Crippen LogP contribution in [-0.4, -0.2) is 12.6 Å². The van der Waals surface area contributed by atoms with Crippen LogP contribution in [-0.2, 0) is 0 Å². The van der Waals surface area contributed by atoms with Gasteiger partial charge in [0.05, 0.1) is 0 Å². The Hall–Kier alpha value is -1.22. The summed E-state index contributed by atoms with van der Waals surface area (Å²) in [5, 5.41) is 6.34. The number of halogens is 1. The summed E-state index contributed by atoms with van der Waals surface area (Å²) >= 11 is 5.91. The van der Waals surface area contributed by atoms with E-state index in [1.807, 2.05) is 12.1 Å². The van der Waals surface area contributed by atoms with Crippen molar-refractivity contribution in [1.29, 1.82) is 0 Å². The highest BCUT2D eigenvalue weighted by Crippen LogP contribution is 2.15. The number of rotatable bonds is 18. The lowest BCUT2D eigenvalue weighted by Gasteiger charge is -2.08. The Labute approximate surface area is 184 Å². The number of unbranched alkanes of at least 4 members (excludes halogenated alkanes) is 15. The van der Waals surface area contributed by atoms with E-state index in [9.17, 15) is 4.79 Å². The van der Waals surface area contributed by atoms with Crippen molar-refractivity contribution in [2.24, 2.45) is 0 Å². The molecular weight excluding hydrogens is 380 g/mol. The number of carbonyl (C=O) groups is 1. The molecule has 2 amide bonds. The maximum absolute atomic E-state index is 11.8.